The molecular weight excluding hydrogens is 242 g/mol. The van der Waals surface area contributed by atoms with Gasteiger partial charge in [-0.1, -0.05) is 0 Å². The van der Waals surface area contributed by atoms with E-state index in [9.17, 15) is 14.4 Å². The number of carboxylic acids is 1. The van der Waals surface area contributed by atoms with Crippen LogP contribution in [0.4, 0.5) is 4.79 Å². The number of rotatable bonds is 5. The third-order valence-electron chi connectivity index (χ3n) is 2.86. The Morgan fingerprint density at radius 2 is 2.11 bits per heavy atom. The molecule has 1 unspecified atom stereocenters. The van der Waals surface area contributed by atoms with Gasteiger partial charge >= 0.3 is 12.0 Å². The van der Waals surface area contributed by atoms with Crippen molar-refractivity contribution < 1.29 is 24.6 Å². The molecule has 0 saturated carbocycles. The SMILES string of the molecule is NC(=O)C1CCCN1C(=O)N[C@@H](CCO)C(=O)O. The molecule has 0 aromatic rings. The van der Waals surface area contributed by atoms with Gasteiger partial charge in [-0.15, -0.1) is 0 Å². The number of aliphatic hydroxyl groups is 1. The molecule has 0 aromatic carbocycles. The number of carboxylic acid groups (broad SMARTS) is 1. The van der Waals surface area contributed by atoms with Crippen LogP contribution in [-0.4, -0.2) is 58.3 Å². The average Bonchev–Trinajstić information content (AvgIpc) is 2.77. The van der Waals surface area contributed by atoms with Crippen LogP contribution >= 0.6 is 0 Å². The smallest absolute Gasteiger partial charge is 0.326 e. The van der Waals surface area contributed by atoms with Crippen molar-refractivity contribution in [2.75, 3.05) is 13.2 Å². The molecule has 5 N–H and O–H groups in total. The summed E-state index contributed by atoms with van der Waals surface area (Å²) in [6.07, 6.45) is 1.05. The second-order valence-electron chi connectivity index (χ2n) is 4.11. The van der Waals surface area contributed by atoms with Gasteiger partial charge in [-0.2, -0.15) is 0 Å². The Labute approximate surface area is 104 Å². The van der Waals surface area contributed by atoms with Crippen molar-refractivity contribution in [3.8, 4) is 0 Å². The molecule has 0 aromatic heterocycles. The Morgan fingerprint density at radius 3 is 2.61 bits per heavy atom. The summed E-state index contributed by atoms with van der Waals surface area (Å²) >= 11 is 0. The number of amides is 3. The molecule has 0 aliphatic carbocycles. The van der Waals surface area contributed by atoms with Crippen LogP contribution in [0.5, 0.6) is 0 Å². The lowest BCUT2D eigenvalue weighted by molar-refractivity contribution is -0.139. The highest BCUT2D eigenvalue weighted by Crippen LogP contribution is 2.16. The number of urea groups is 1. The Kier molecular flexibility index (Phi) is 4.90. The molecule has 0 spiro atoms. The van der Waals surface area contributed by atoms with Crippen molar-refractivity contribution in [2.24, 2.45) is 5.73 Å². The van der Waals surface area contributed by atoms with E-state index in [0.717, 1.165) is 0 Å². The summed E-state index contributed by atoms with van der Waals surface area (Å²) in [5.41, 5.74) is 5.16. The highest BCUT2D eigenvalue weighted by atomic mass is 16.4. The molecule has 1 aliphatic heterocycles. The van der Waals surface area contributed by atoms with Gasteiger partial charge in [0.25, 0.3) is 0 Å². The summed E-state index contributed by atoms with van der Waals surface area (Å²) in [7, 11) is 0. The second-order valence-corrected chi connectivity index (χ2v) is 4.11. The van der Waals surface area contributed by atoms with Crippen molar-refractivity contribution in [1.82, 2.24) is 10.2 Å². The van der Waals surface area contributed by atoms with E-state index in [2.05, 4.69) is 5.32 Å². The van der Waals surface area contributed by atoms with Crippen LogP contribution in [0.15, 0.2) is 0 Å². The number of aliphatic hydroxyl groups excluding tert-OH is 1. The zero-order valence-corrected chi connectivity index (χ0v) is 9.83. The van der Waals surface area contributed by atoms with Gasteiger partial charge in [0.05, 0.1) is 0 Å². The largest absolute Gasteiger partial charge is 0.480 e. The maximum atomic E-state index is 11.8. The number of nitrogens with one attached hydrogen (secondary N) is 1. The third-order valence-corrected chi connectivity index (χ3v) is 2.86. The van der Waals surface area contributed by atoms with Gasteiger partial charge in [0.2, 0.25) is 5.91 Å². The number of likely N-dealkylation sites (tertiary alicyclic amines) is 1. The van der Waals surface area contributed by atoms with E-state index in [0.29, 0.717) is 19.4 Å². The normalized spacial score (nSPS) is 20.5. The molecule has 1 rings (SSSR count). The molecule has 8 heteroatoms. The predicted molar refractivity (Wildman–Crippen MR) is 60.6 cm³/mol. The summed E-state index contributed by atoms with van der Waals surface area (Å²) < 4.78 is 0. The van der Waals surface area contributed by atoms with Gasteiger partial charge in [-0.25, -0.2) is 9.59 Å². The lowest BCUT2D eigenvalue weighted by atomic mass is 10.2. The van der Waals surface area contributed by atoms with Crippen LogP contribution in [0, 0.1) is 0 Å². The Hall–Kier alpha value is -1.83. The first-order valence-electron chi connectivity index (χ1n) is 5.67. The summed E-state index contributed by atoms with van der Waals surface area (Å²) in [4.78, 5) is 35.0. The van der Waals surface area contributed by atoms with Crippen molar-refractivity contribution in [3.05, 3.63) is 0 Å². The zero-order chi connectivity index (χ0) is 13.7. The first-order valence-corrected chi connectivity index (χ1v) is 5.67. The number of carbonyl (C=O) groups is 3. The number of nitrogens with two attached hydrogens (primary N) is 1. The summed E-state index contributed by atoms with van der Waals surface area (Å²) in [5.74, 6) is -1.83. The maximum absolute atomic E-state index is 11.8. The maximum Gasteiger partial charge on any atom is 0.326 e. The predicted octanol–water partition coefficient (Wildman–Crippen LogP) is -1.52. The third kappa shape index (κ3) is 3.33. The topological polar surface area (TPSA) is 133 Å². The Bertz CT molecular complexity index is 346. The van der Waals surface area contributed by atoms with Gasteiger partial charge < -0.3 is 26.2 Å². The molecule has 3 amide bonds. The molecule has 2 atom stereocenters. The lowest BCUT2D eigenvalue weighted by Crippen LogP contribution is -2.52. The van der Waals surface area contributed by atoms with E-state index in [1.165, 1.54) is 4.90 Å². The van der Waals surface area contributed by atoms with Crippen LogP contribution in [0.3, 0.4) is 0 Å². The van der Waals surface area contributed by atoms with Gasteiger partial charge in [-0.05, 0) is 12.8 Å². The number of hydrogen-bond acceptors (Lipinski definition) is 4. The van der Waals surface area contributed by atoms with E-state index in [4.69, 9.17) is 15.9 Å². The van der Waals surface area contributed by atoms with Crippen LogP contribution in [0.2, 0.25) is 0 Å². The highest BCUT2D eigenvalue weighted by molar-refractivity contribution is 5.88. The minimum Gasteiger partial charge on any atom is -0.480 e. The summed E-state index contributed by atoms with van der Waals surface area (Å²) in [5, 5.41) is 19.8. The van der Waals surface area contributed by atoms with Crippen molar-refractivity contribution in [2.45, 2.75) is 31.3 Å². The monoisotopic (exact) mass is 259 g/mol. The fraction of sp³-hybridized carbons (Fsp3) is 0.700. The minimum absolute atomic E-state index is 0.0872. The van der Waals surface area contributed by atoms with E-state index < -0.39 is 30.0 Å². The first kappa shape index (κ1) is 14.2. The number of carbonyl (C=O) groups excluding carboxylic acids is 2. The van der Waals surface area contributed by atoms with Crippen molar-refractivity contribution in [3.63, 3.8) is 0 Å². The standard InChI is InChI=1S/C10H17N3O5/c11-8(15)7-2-1-4-13(7)10(18)12-6(3-5-14)9(16)17/h6-7,14H,1-5H2,(H2,11,15)(H,12,18)(H,16,17)/t6-,7?/m0/s1. The second kappa shape index (κ2) is 6.20. The Balaban J connectivity index is 2.63. The molecule has 1 saturated heterocycles. The minimum atomic E-state index is -1.23. The van der Waals surface area contributed by atoms with E-state index in [1.807, 2.05) is 0 Å². The molecule has 1 aliphatic rings. The van der Waals surface area contributed by atoms with Gasteiger partial charge in [0.1, 0.15) is 12.1 Å². The molecule has 18 heavy (non-hydrogen) atoms. The molecule has 102 valence electrons. The van der Waals surface area contributed by atoms with E-state index in [1.54, 1.807) is 0 Å². The van der Waals surface area contributed by atoms with Crippen molar-refractivity contribution >= 4 is 17.9 Å². The number of primary amides is 1. The molecule has 1 fully saturated rings. The first-order chi connectivity index (χ1) is 8.47. The van der Waals surface area contributed by atoms with Crippen LogP contribution in [0.25, 0.3) is 0 Å². The van der Waals surface area contributed by atoms with Crippen molar-refractivity contribution in [1.29, 1.82) is 0 Å². The molecule has 8 nitrogen and oxygen atoms in total. The number of hydrogen-bond donors (Lipinski definition) is 4. The van der Waals surface area contributed by atoms with Crippen LogP contribution in [0.1, 0.15) is 19.3 Å². The molecule has 0 radical (unpaired) electrons. The molecule has 1 heterocycles. The molecular formula is C10H17N3O5. The summed E-state index contributed by atoms with van der Waals surface area (Å²) in [6, 6.07) is -2.50. The number of aliphatic carboxylic acids is 1. The van der Waals surface area contributed by atoms with Gasteiger partial charge in [0.15, 0.2) is 0 Å². The average molecular weight is 259 g/mol. The summed E-state index contributed by atoms with van der Waals surface area (Å²) in [6.45, 7) is 0.0153. The fourth-order valence-corrected chi connectivity index (χ4v) is 1.92. The van der Waals surface area contributed by atoms with Gasteiger partial charge in [-0.3, -0.25) is 4.79 Å². The van der Waals surface area contributed by atoms with E-state index in [-0.39, 0.29) is 13.0 Å². The van der Waals surface area contributed by atoms with Crippen LogP contribution < -0.4 is 11.1 Å². The van der Waals surface area contributed by atoms with Gasteiger partial charge in [0, 0.05) is 19.6 Å². The van der Waals surface area contributed by atoms with Crippen LogP contribution in [-0.2, 0) is 9.59 Å². The number of nitrogens with zero attached hydrogens (tertiary/aromatic N) is 1. The Morgan fingerprint density at radius 1 is 1.44 bits per heavy atom. The highest BCUT2D eigenvalue weighted by Gasteiger charge is 2.34. The van der Waals surface area contributed by atoms with E-state index >= 15 is 0 Å². The fourth-order valence-electron chi connectivity index (χ4n) is 1.92. The quantitative estimate of drug-likeness (QED) is 0.476. The molecule has 0 bridgehead atoms. The lowest BCUT2D eigenvalue weighted by Gasteiger charge is -2.24. The zero-order valence-electron chi connectivity index (χ0n) is 9.83.